The van der Waals surface area contributed by atoms with Crippen molar-refractivity contribution in [1.29, 1.82) is 0 Å². The molecule has 110 valence electrons. The van der Waals surface area contributed by atoms with Gasteiger partial charge in [-0.1, -0.05) is 6.07 Å². The van der Waals surface area contributed by atoms with Gasteiger partial charge < -0.3 is 9.64 Å². The van der Waals surface area contributed by atoms with E-state index in [-0.39, 0.29) is 16.9 Å². The zero-order valence-electron chi connectivity index (χ0n) is 11.9. The summed E-state index contributed by atoms with van der Waals surface area (Å²) in [6.07, 6.45) is 1.16. The van der Waals surface area contributed by atoms with E-state index in [1.807, 2.05) is 6.92 Å². The van der Waals surface area contributed by atoms with Crippen LogP contribution < -0.4 is 0 Å². The Labute approximate surface area is 119 Å². The summed E-state index contributed by atoms with van der Waals surface area (Å²) < 4.78 is 28.8. The van der Waals surface area contributed by atoms with Gasteiger partial charge in [0.2, 0.25) is 0 Å². The number of carbonyl (C=O) groups excluding carboxylic acids is 1. The quantitative estimate of drug-likeness (QED) is 0.824. The largest absolute Gasteiger partial charge is 0.375 e. The first-order chi connectivity index (χ1) is 9.29. The number of carbonyl (C=O) groups is 1. The highest BCUT2D eigenvalue weighted by molar-refractivity contribution is 7.90. The number of sulfone groups is 1. The van der Waals surface area contributed by atoms with Gasteiger partial charge in [-0.3, -0.25) is 4.79 Å². The molecule has 1 aliphatic rings. The van der Waals surface area contributed by atoms with Gasteiger partial charge in [-0.15, -0.1) is 0 Å². The van der Waals surface area contributed by atoms with Gasteiger partial charge in [0.25, 0.3) is 5.91 Å². The Morgan fingerprint density at radius 1 is 1.40 bits per heavy atom. The average Bonchev–Trinajstić information content (AvgIpc) is 2.37. The lowest BCUT2D eigenvalue weighted by molar-refractivity contribution is -0.0124. The molecular formula is C14H19NO4S. The third-order valence-corrected chi connectivity index (χ3v) is 4.60. The van der Waals surface area contributed by atoms with Gasteiger partial charge in [-0.2, -0.15) is 0 Å². The second-order valence-electron chi connectivity index (χ2n) is 5.19. The molecule has 0 aliphatic carbocycles. The van der Waals surface area contributed by atoms with Crippen LogP contribution in [0.4, 0.5) is 0 Å². The number of morpholine rings is 1. The number of hydrogen-bond donors (Lipinski definition) is 0. The van der Waals surface area contributed by atoms with Crippen LogP contribution in [0, 0.1) is 6.92 Å². The average molecular weight is 297 g/mol. The summed E-state index contributed by atoms with van der Waals surface area (Å²) in [5.74, 6) is -0.148. The molecule has 1 amide bonds. The van der Waals surface area contributed by atoms with Gasteiger partial charge in [0.15, 0.2) is 9.84 Å². The topological polar surface area (TPSA) is 63.7 Å². The van der Waals surface area contributed by atoms with Crippen molar-refractivity contribution in [2.45, 2.75) is 24.8 Å². The molecule has 1 heterocycles. The van der Waals surface area contributed by atoms with Crippen molar-refractivity contribution in [1.82, 2.24) is 4.90 Å². The molecule has 2 rings (SSSR count). The van der Waals surface area contributed by atoms with Crippen LogP contribution in [0.25, 0.3) is 0 Å². The van der Waals surface area contributed by atoms with Crippen LogP contribution in [-0.2, 0) is 14.6 Å². The highest BCUT2D eigenvalue weighted by Gasteiger charge is 2.23. The van der Waals surface area contributed by atoms with Crippen molar-refractivity contribution in [2.24, 2.45) is 0 Å². The van der Waals surface area contributed by atoms with Gasteiger partial charge in [-0.05, 0) is 31.5 Å². The Bertz CT molecular complexity index is 624. The molecule has 0 saturated carbocycles. The Kier molecular flexibility index (Phi) is 4.15. The van der Waals surface area contributed by atoms with Crippen LogP contribution in [-0.4, -0.2) is 51.3 Å². The summed E-state index contributed by atoms with van der Waals surface area (Å²) in [5, 5.41) is 0. The Hall–Kier alpha value is -1.40. The maximum atomic E-state index is 12.4. The number of amides is 1. The van der Waals surface area contributed by atoms with Crippen molar-refractivity contribution < 1.29 is 17.9 Å². The molecule has 1 aliphatic heterocycles. The summed E-state index contributed by atoms with van der Waals surface area (Å²) in [6.45, 7) is 5.21. The van der Waals surface area contributed by atoms with Crippen LogP contribution in [0.1, 0.15) is 22.8 Å². The standard InChI is InChI=1S/C14H19NO4S/c1-10-4-5-12(8-13(10)20(3,17)18)14(16)15-6-7-19-11(2)9-15/h4-5,8,11H,6-7,9H2,1-3H3. The van der Waals surface area contributed by atoms with Crippen molar-refractivity contribution in [3.63, 3.8) is 0 Å². The molecule has 5 nitrogen and oxygen atoms in total. The number of nitrogens with zero attached hydrogens (tertiary/aromatic N) is 1. The highest BCUT2D eigenvalue weighted by Crippen LogP contribution is 2.19. The fourth-order valence-corrected chi connectivity index (χ4v) is 3.31. The maximum Gasteiger partial charge on any atom is 0.254 e. The van der Waals surface area contributed by atoms with Crippen LogP contribution >= 0.6 is 0 Å². The minimum absolute atomic E-state index is 0.00697. The molecule has 1 unspecified atom stereocenters. The zero-order valence-corrected chi connectivity index (χ0v) is 12.7. The number of aryl methyl sites for hydroxylation is 1. The first-order valence-corrected chi connectivity index (χ1v) is 8.40. The number of benzene rings is 1. The van der Waals surface area contributed by atoms with E-state index in [0.717, 1.165) is 6.26 Å². The van der Waals surface area contributed by atoms with Crippen LogP contribution in [0.5, 0.6) is 0 Å². The van der Waals surface area contributed by atoms with Crippen LogP contribution in [0.3, 0.4) is 0 Å². The molecule has 1 aromatic rings. The molecule has 0 N–H and O–H groups in total. The molecule has 0 aromatic heterocycles. The Balaban J connectivity index is 2.31. The van der Waals surface area contributed by atoms with Crippen molar-refractivity contribution in [3.05, 3.63) is 29.3 Å². The molecule has 1 atom stereocenters. The van der Waals surface area contributed by atoms with Crippen molar-refractivity contribution in [2.75, 3.05) is 26.0 Å². The minimum atomic E-state index is -3.33. The normalized spacial score (nSPS) is 19.9. The van der Waals surface area contributed by atoms with Gasteiger partial charge in [0, 0.05) is 24.9 Å². The second kappa shape index (κ2) is 5.54. The fourth-order valence-electron chi connectivity index (χ4n) is 2.32. The predicted octanol–water partition coefficient (Wildman–Crippen LogP) is 1.26. The summed E-state index contributed by atoms with van der Waals surface area (Å²) in [5.41, 5.74) is 1.06. The van der Waals surface area contributed by atoms with Crippen LogP contribution in [0.2, 0.25) is 0 Å². The Morgan fingerprint density at radius 3 is 2.70 bits per heavy atom. The Morgan fingerprint density at radius 2 is 2.10 bits per heavy atom. The van der Waals surface area contributed by atoms with Gasteiger partial charge in [0.1, 0.15) is 0 Å². The first kappa shape index (κ1) is 15.0. The molecule has 0 bridgehead atoms. The molecule has 1 aromatic carbocycles. The molecule has 0 radical (unpaired) electrons. The third-order valence-electron chi connectivity index (χ3n) is 3.36. The molecule has 0 spiro atoms. The lowest BCUT2D eigenvalue weighted by Crippen LogP contribution is -2.44. The molecule has 6 heteroatoms. The van der Waals surface area contributed by atoms with E-state index in [0.29, 0.717) is 30.8 Å². The van der Waals surface area contributed by atoms with E-state index in [1.165, 1.54) is 6.07 Å². The van der Waals surface area contributed by atoms with Gasteiger partial charge in [0.05, 0.1) is 17.6 Å². The number of ether oxygens (including phenoxy) is 1. The molecular weight excluding hydrogens is 278 g/mol. The number of rotatable bonds is 2. The lowest BCUT2D eigenvalue weighted by Gasteiger charge is -2.31. The van der Waals surface area contributed by atoms with E-state index in [9.17, 15) is 13.2 Å². The monoisotopic (exact) mass is 297 g/mol. The van der Waals surface area contributed by atoms with E-state index in [1.54, 1.807) is 24.0 Å². The zero-order chi connectivity index (χ0) is 14.9. The highest BCUT2D eigenvalue weighted by atomic mass is 32.2. The van der Waals surface area contributed by atoms with E-state index < -0.39 is 9.84 Å². The summed E-state index contributed by atoms with van der Waals surface area (Å²) >= 11 is 0. The van der Waals surface area contributed by atoms with E-state index >= 15 is 0 Å². The first-order valence-electron chi connectivity index (χ1n) is 6.50. The minimum Gasteiger partial charge on any atom is -0.375 e. The van der Waals surface area contributed by atoms with Gasteiger partial charge >= 0.3 is 0 Å². The summed E-state index contributed by atoms with van der Waals surface area (Å²) in [4.78, 5) is 14.3. The fraction of sp³-hybridized carbons (Fsp3) is 0.500. The second-order valence-corrected chi connectivity index (χ2v) is 7.17. The van der Waals surface area contributed by atoms with Crippen molar-refractivity contribution in [3.8, 4) is 0 Å². The van der Waals surface area contributed by atoms with E-state index in [4.69, 9.17) is 4.74 Å². The SMILES string of the molecule is Cc1ccc(C(=O)N2CCOC(C)C2)cc1S(C)(=O)=O. The van der Waals surface area contributed by atoms with Crippen molar-refractivity contribution >= 4 is 15.7 Å². The number of hydrogen-bond acceptors (Lipinski definition) is 4. The van der Waals surface area contributed by atoms with Crippen LogP contribution in [0.15, 0.2) is 23.1 Å². The third kappa shape index (κ3) is 3.19. The molecule has 20 heavy (non-hydrogen) atoms. The molecule has 1 fully saturated rings. The smallest absolute Gasteiger partial charge is 0.254 e. The predicted molar refractivity (Wildman–Crippen MR) is 75.6 cm³/mol. The summed E-state index contributed by atoms with van der Waals surface area (Å²) in [6, 6.07) is 4.81. The maximum absolute atomic E-state index is 12.4. The summed E-state index contributed by atoms with van der Waals surface area (Å²) in [7, 11) is -3.33. The molecule has 1 saturated heterocycles. The van der Waals surface area contributed by atoms with Gasteiger partial charge in [-0.25, -0.2) is 8.42 Å². The van der Waals surface area contributed by atoms with E-state index in [2.05, 4.69) is 0 Å². The lowest BCUT2D eigenvalue weighted by atomic mass is 10.1.